The first kappa shape index (κ1) is 22.6. The Morgan fingerprint density at radius 1 is 1.07 bits per heavy atom. The maximum absolute atomic E-state index is 12.9. The largest absolute Gasteiger partial charge is 0.462 e. The molecule has 1 aromatic carbocycles. The number of carbonyl (C=O) groups excluding carboxylic acids is 3. The van der Waals surface area contributed by atoms with Crippen LogP contribution in [-0.2, 0) is 9.53 Å². The van der Waals surface area contributed by atoms with Crippen LogP contribution in [0.4, 0.5) is 10.7 Å². The van der Waals surface area contributed by atoms with E-state index < -0.39 is 11.4 Å². The van der Waals surface area contributed by atoms with E-state index in [-0.39, 0.29) is 24.0 Å². The Balaban J connectivity index is 2.43. The fraction of sp³-hybridized carbons (Fsp3) is 0.409. The van der Waals surface area contributed by atoms with Gasteiger partial charge in [-0.1, -0.05) is 38.5 Å². The van der Waals surface area contributed by atoms with Gasteiger partial charge in [0.25, 0.3) is 5.91 Å². The molecule has 2 N–H and O–H groups in total. The van der Waals surface area contributed by atoms with Crippen LogP contribution in [0.15, 0.2) is 18.2 Å². The number of anilines is 2. The lowest BCUT2D eigenvalue weighted by Crippen LogP contribution is -2.28. The highest BCUT2D eigenvalue weighted by atomic mass is 32.1. The highest BCUT2D eigenvalue weighted by Crippen LogP contribution is 2.35. The SMILES string of the molecule is CCOC(=O)c1c(NC(=O)C(C)(C)C)sc(C(=O)Nc2ccc(C)cc2C)c1C. The van der Waals surface area contributed by atoms with Crippen molar-refractivity contribution in [3.8, 4) is 0 Å². The predicted octanol–water partition coefficient (Wildman–Crippen LogP) is 5.09. The van der Waals surface area contributed by atoms with Crippen LogP contribution in [0.5, 0.6) is 0 Å². The smallest absolute Gasteiger partial charge is 0.341 e. The second-order valence-corrected chi connectivity index (χ2v) is 8.98. The Labute approximate surface area is 175 Å². The van der Waals surface area contributed by atoms with E-state index in [1.54, 1.807) is 34.6 Å². The number of amides is 2. The third kappa shape index (κ3) is 5.23. The fourth-order valence-corrected chi connectivity index (χ4v) is 3.78. The summed E-state index contributed by atoms with van der Waals surface area (Å²) in [6, 6.07) is 5.75. The summed E-state index contributed by atoms with van der Waals surface area (Å²) in [7, 11) is 0. The zero-order valence-corrected chi connectivity index (χ0v) is 18.8. The highest BCUT2D eigenvalue weighted by molar-refractivity contribution is 7.19. The lowest BCUT2D eigenvalue weighted by atomic mass is 9.96. The Morgan fingerprint density at radius 2 is 1.72 bits per heavy atom. The standard InChI is InChI=1S/C22H28N2O4S/c1-8-28-20(26)16-14(4)17(29-19(16)24-21(27)22(5,6)7)18(25)23-15-10-9-12(2)11-13(15)3/h9-11H,8H2,1-7H3,(H,23,25)(H,24,27). The number of esters is 1. The van der Waals surface area contributed by atoms with E-state index in [0.29, 0.717) is 21.1 Å². The first-order chi connectivity index (χ1) is 13.5. The van der Waals surface area contributed by atoms with Gasteiger partial charge in [0.05, 0.1) is 17.0 Å². The second kappa shape index (κ2) is 8.78. The summed E-state index contributed by atoms with van der Waals surface area (Å²) in [6.07, 6.45) is 0. The van der Waals surface area contributed by atoms with Crippen molar-refractivity contribution in [3.05, 3.63) is 45.3 Å². The van der Waals surface area contributed by atoms with Crippen molar-refractivity contribution in [2.45, 2.75) is 48.5 Å². The molecule has 0 radical (unpaired) electrons. The number of benzene rings is 1. The van der Waals surface area contributed by atoms with Crippen LogP contribution < -0.4 is 10.6 Å². The van der Waals surface area contributed by atoms with Gasteiger partial charge < -0.3 is 15.4 Å². The minimum atomic E-state index is -0.648. The lowest BCUT2D eigenvalue weighted by molar-refractivity contribution is -0.123. The molecule has 29 heavy (non-hydrogen) atoms. The van der Waals surface area contributed by atoms with Crippen LogP contribution in [0.2, 0.25) is 0 Å². The van der Waals surface area contributed by atoms with Gasteiger partial charge in [-0.2, -0.15) is 0 Å². The fourth-order valence-electron chi connectivity index (χ4n) is 2.69. The predicted molar refractivity (Wildman–Crippen MR) is 117 cm³/mol. The van der Waals surface area contributed by atoms with Crippen molar-refractivity contribution in [1.82, 2.24) is 0 Å². The Morgan fingerprint density at radius 3 is 2.28 bits per heavy atom. The first-order valence-electron chi connectivity index (χ1n) is 9.46. The average Bonchev–Trinajstić information content (AvgIpc) is 2.93. The van der Waals surface area contributed by atoms with E-state index in [1.807, 2.05) is 32.0 Å². The molecular formula is C22H28N2O4S. The molecule has 0 saturated carbocycles. The maximum Gasteiger partial charge on any atom is 0.341 e. The van der Waals surface area contributed by atoms with Gasteiger partial charge in [0, 0.05) is 11.1 Å². The molecule has 7 heteroatoms. The van der Waals surface area contributed by atoms with Crippen LogP contribution in [0, 0.1) is 26.2 Å². The lowest BCUT2D eigenvalue weighted by Gasteiger charge is -2.17. The third-order valence-electron chi connectivity index (χ3n) is 4.37. The van der Waals surface area contributed by atoms with E-state index >= 15 is 0 Å². The summed E-state index contributed by atoms with van der Waals surface area (Å²) < 4.78 is 5.14. The molecule has 1 aromatic heterocycles. The van der Waals surface area contributed by atoms with Crippen LogP contribution in [0.25, 0.3) is 0 Å². The maximum atomic E-state index is 12.9. The molecule has 0 bridgehead atoms. The van der Waals surface area contributed by atoms with Gasteiger partial charge in [0.1, 0.15) is 5.00 Å². The molecule has 1 heterocycles. The summed E-state index contributed by atoms with van der Waals surface area (Å²) in [4.78, 5) is 38.3. The monoisotopic (exact) mass is 416 g/mol. The van der Waals surface area contributed by atoms with E-state index in [4.69, 9.17) is 4.74 Å². The van der Waals surface area contributed by atoms with Gasteiger partial charge in [-0.3, -0.25) is 9.59 Å². The van der Waals surface area contributed by atoms with Crippen LogP contribution in [0.1, 0.15) is 64.4 Å². The number of aryl methyl sites for hydroxylation is 2. The molecule has 2 amide bonds. The van der Waals surface area contributed by atoms with E-state index in [0.717, 1.165) is 22.5 Å². The number of ether oxygens (including phenoxy) is 1. The molecule has 0 aliphatic carbocycles. The topological polar surface area (TPSA) is 84.5 Å². The molecule has 0 atom stereocenters. The molecule has 0 unspecified atom stereocenters. The molecule has 0 aliphatic rings. The molecule has 156 valence electrons. The molecule has 0 aliphatic heterocycles. The number of thiophene rings is 1. The Kier molecular flexibility index (Phi) is 6.85. The number of hydrogen-bond donors (Lipinski definition) is 2. The normalized spacial score (nSPS) is 11.1. The number of carbonyl (C=O) groups is 3. The third-order valence-corrected chi connectivity index (χ3v) is 5.58. The van der Waals surface area contributed by atoms with Gasteiger partial charge in [0.2, 0.25) is 5.91 Å². The van der Waals surface area contributed by atoms with Crippen LogP contribution in [0.3, 0.4) is 0 Å². The Bertz CT molecular complexity index is 954. The van der Waals surface area contributed by atoms with Gasteiger partial charge >= 0.3 is 5.97 Å². The first-order valence-corrected chi connectivity index (χ1v) is 10.3. The molecule has 2 rings (SSSR count). The van der Waals surface area contributed by atoms with E-state index in [2.05, 4.69) is 10.6 Å². The van der Waals surface area contributed by atoms with Crippen LogP contribution >= 0.6 is 11.3 Å². The summed E-state index contributed by atoms with van der Waals surface area (Å²) in [5.74, 6) is -1.14. The highest BCUT2D eigenvalue weighted by Gasteiger charge is 2.29. The summed E-state index contributed by atoms with van der Waals surface area (Å²) in [6.45, 7) is 12.8. The van der Waals surface area contributed by atoms with Crippen molar-refractivity contribution in [1.29, 1.82) is 0 Å². The van der Waals surface area contributed by atoms with Crippen molar-refractivity contribution >= 4 is 39.8 Å². The van der Waals surface area contributed by atoms with Crippen molar-refractivity contribution in [3.63, 3.8) is 0 Å². The van der Waals surface area contributed by atoms with Gasteiger partial charge in [-0.15, -0.1) is 11.3 Å². The minimum Gasteiger partial charge on any atom is -0.462 e. The van der Waals surface area contributed by atoms with Crippen molar-refractivity contribution in [2.75, 3.05) is 17.2 Å². The van der Waals surface area contributed by atoms with Crippen molar-refractivity contribution < 1.29 is 19.1 Å². The molecule has 2 aromatic rings. The number of hydrogen-bond acceptors (Lipinski definition) is 5. The molecule has 0 spiro atoms. The molecule has 0 fully saturated rings. The summed E-state index contributed by atoms with van der Waals surface area (Å²) >= 11 is 1.08. The van der Waals surface area contributed by atoms with E-state index in [9.17, 15) is 14.4 Å². The zero-order chi connectivity index (χ0) is 21.9. The van der Waals surface area contributed by atoms with Gasteiger partial charge in [-0.25, -0.2) is 4.79 Å². The van der Waals surface area contributed by atoms with Crippen molar-refractivity contribution in [2.24, 2.45) is 5.41 Å². The quantitative estimate of drug-likeness (QED) is 0.665. The zero-order valence-electron chi connectivity index (χ0n) is 18.0. The van der Waals surface area contributed by atoms with Gasteiger partial charge in [-0.05, 0) is 44.9 Å². The van der Waals surface area contributed by atoms with Gasteiger partial charge in [0.15, 0.2) is 0 Å². The summed E-state index contributed by atoms with van der Waals surface area (Å²) in [5, 5.41) is 6.01. The Hall–Kier alpha value is -2.67. The molecule has 0 saturated heterocycles. The van der Waals surface area contributed by atoms with Crippen LogP contribution in [-0.4, -0.2) is 24.4 Å². The summed E-state index contributed by atoms with van der Waals surface area (Å²) in [5.41, 5.74) is 2.81. The second-order valence-electron chi connectivity index (χ2n) is 7.96. The molecule has 6 nitrogen and oxygen atoms in total. The number of rotatable bonds is 5. The van der Waals surface area contributed by atoms with E-state index in [1.165, 1.54) is 0 Å². The minimum absolute atomic E-state index is 0.199. The molecular weight excluding hydrogens is 388 g/mol. The average molecular weight is 417 g/mol. The number of nitrogens with one attached hydrogen (secondary N) is 2.